The highest BCUT2D eigenvalue weighted by Crippen LogP contribution is 2.27. The van der Waals surface area contributed by atoms with Crippen molar-refractivity contribution in [2.45, 2.75) is 52.1 Å². The first-order valence-corrected chi connectivity index (χ1v) is 14.2. The van der Waals surface area contributed by atoms with E-state index in [4.69, 9.17) is 0 Å². The zero-order valence-corrected chi connectivity index (χ0v) is 23.5. The number of nitrogens with zero attached hydrogens (tertiary/aromatic N) is 2. The van der Waals surface area contributed by atoms with Crippen LogP contribution in [0.1, 0.15) is 37.5 Å². The number of rotatable bonds is 11. The van der Waals surface area contributed by atoms with Gasteiger partial charge < -0.3 is 10.2 Å². The molecule has 7 nitrogen and oxygen atoms in total. The fourth-order valence-electron chi connectivity index (χ4n) is 4.01. The van der Waals surface area contributed by atoms with Crippen LogP contribution in [0.2, 0.25) is 0 Å². The first-order valence-electron chi connectivity index (χ1n) is 12.8. The number of carbonyl (C=O) groups is 2. The molecule has 3 rings (SSSR count). The van der Waals surface area contributed by atoms with Gasteiger partial charge in [0.25, 0.3) is 10.0 Å². The van der Waals surface area contributed by atoms with E-state index in [1.807, 2.05) is 57.2 Å². The molecule has 3 aromatic carbocycles. The van der Waals surface area contributed by atoms with Gasteiger partial charge in [0.2, 0.25) is 11.8 Å². The molecule has 1 unspecified atom stereocenters. The molecule has 0 fully saturated rings. The number of hydrogen-bond donors (Lipinski definition) is 1. The molecule has 38 heavy (non-hydrogen) atoms. The van der Waals surface area contributed by atoms with E-state index in [2.05, 4.69) is 5.32 Å². The maximum atomic E-state index is 13.9. The molecule has 3 aromatic rings. The van der Waals surface area contributed by atoms with Gasteiger partial charge in [0.05, 0.1) is 10.6 Å². The Kier molecular flexibility index (Phi) is 9.69. The van der Waals surface area contributed by atoms with Crippen LogP contribution in [0.4, 0.5) is 5.69 Å². The van der Waals surface area contributed by atoms with Crippen molar-refractivity contribution >= 4 is 27.5 Å². The van der Waals surface area contributed by atoms with Crippen LogP contribution in [0.3, 0.4) is 0 Å². The van der Waals surface area contributed by atoms with E-state index in [1.54, 1.807) is 56.3 Å². The van der Waals surface area contributed by atoms with Crippen molar-refractivity contribution in [1.29, 1.82) is 0 Å². The van der Waals surface area contributed by atoms with Gasteiger partial charge in [-0.15, -0.1) is 0 Å². The molecule has 0 aliphatic carbocycles. The molecular weight excluding hydrogens is 498 g/mol. The van der Waals surface area contributed by atoms with Crippen LogP contribution in [-0.4, -0.2) is 44.3 Å². The summed E-state index contributed by atoms with van der Waals surface area (Å²) in [7, 11) is -4.08. The Balaban J connectivity index is 2.01. The Morgan fingerprint density at radius 1 is 0.842 bits per heavy atom. The molecule has 0 aromatic heterocycles. The highest BCUT2D eigenvalue weighted by molar-refractivity contribution is 7.92. The summed E-state index contributed by atoms with van der Waals surface area (Å²) in [6.45, 7) is 9.55. The van der Waals surface area contributed by atoms with Crippen molar-refractivity contribution in [3.05, 3.63) is 95.6 Å². The van der Waals surface area contributed by atoms with Gasteiger partial charge in [-0.3, -0.25) is 13.9 Å². The molecule has 202 valence electrons. The Morgan fingerprint density at radius 2 is 1.45 bits per heavy atom. The third-order valence-corrected chi connectivity index (χ3v) is 8.09. The van der Waals surface area contributed by atoms with Crippen LogP contribution in [0.5, 0.6) is 0 Å². The highest BCUT2D eigenvalue weighted by Gasteiger charge is 2.33. The van der Waals surface area contributed by atoms with Crippen molar-refractivity contribution in [3.63, 3.8) is 0 Å². The summed E-state index contributed by atoms with van der Waals surface area (Å²) in [6.07, 6.45) is 0. The molecule has 0 heterocycles. The predicted octanol–water partition coefficient (Wildman–Crippen LogP) is 4.69. The number of anilines is 1. The van der Waals surface area contributed by atoms with Crippen molar-refractivity contribution in [2.24, 2.45) is 5.92 Å². The topological polar surface area (TPSA) is 86.8 Å². The van der Waals surface area contributed by atoms with Gasteiger partial charge in [0.15, 0.2) is 0 Å². The summed E-state index contributed by atoms with van der Waals surface area (Å²) in [5.74, 6) is -0.507. The molecule has 2 amide bonds. The summed E-state index contributed by atoms with van der Waals surface area (Å²) >= 11 is 0. The number of carbonyl (C=O) groups excluding carboxylic acids is 2. The number of benzene rings is 3. The zero-order chi connectivity index (χ0) is 27.9. The molecule has 0 saturated carbocycles. The molecule has 1 N–H and O–H groups in total. The normalized spacial score (nSPS) is 12.2. The van der Waals surface area contributed by atoms with Crippen molar-refractivity contribution in [3.8, 4) is 0 Å². The standard InChI is InChI=1S/C30H37N3O4S/c1-22(2)19-31-30(35)25(5)32(20-26-12-7-6-8-13-26)29(34)21-33(28-14-10-9-11-24(28)4)38(36,37)27-17-15-23(3)16-18-27/h6-18,22,25H,19-21H2,1-5H3,(H,31,35). The summed E-state index contributed by atoms with van der Waals surface area (Å²) in [4.78, 5) is 28.4. The van der Waals surface area contributed by atoms with Crippen LogP contribution < -0.4 is 9.62 Å². The minimum atomic E-state index is -4.08. The molecule has 8 heteroatoms. The van der Waals surface area contributed by atoms with E-state index in [0.717, 1.165) is 15.4 Å². The lowest BCUT2D eigenvalue weighted by atomic mass is 10.1. The third kappa shape index (κ3) is 7.22. The Labute approximate surface area is 226 Å². The summed E-state index contributed by atoms with van der Waals surface area (Å²) in [5, 5.41) is 2.89. The number of nitrogens with one attached hydrogen (secondary N) is 1. The number of sulfonamides is 1. The molecule has 0 bridgehead atoms. The largest absolute Gasteiger partial charge is 0.354 e. The van der Waals surface area contributed by atoms with Crippen molar-refractivity contribution in [2.75, 3.05) is 17.4 Å². The maximum Gasteiger partial charge on any atom is 0.264 e. The van der Waals surface area contributed by atoms with Crippen LogP contribution >= 0.6 is 0 Å². The van der Waals surface area contributed by atoms with E-state index in [9.17, 15) is 18.0 Å². The lowest BCUT2D eigenvalue weighted by Crippen LogP contribution is -2.51. The molecule has 0 saturated heterocycles. The minimum Gasteiger partial charge on any atom is -0.354 e. The van der Waals surface area contributed by atoms with Gasteiger partial charge in [0, 0.05) is 13.1 Å². The Hall–Kier alpha value is -3.65. The monoisotopic (exact) mass is 535 g/mol. The SMILES string of the molecule is Cc1ccc(S(=O)(=O)N(CC(=O)N(Cc2ccccc2)C(C)C(=O)NCC(C)C)c2ccccc2C)cc1. The van der Waals surface area contributed by atoms with Crippen LogP contribution in [0.15, 0.2) is 83.8 Å². The van der Waals surface area contributed by atoms with Gasteiger partial charge in [-0.05, 0) is 56.0 Å². The molecule has 0 spiro atoms. The van der Waals surface area contributed by atoms with E-state index >= 15 is 0 Å². The molecule has 1 atom stereocenters. The number of amides is 2. The van der Waals surface area contributed by atoms with Gasteiger partial charge >= 0.3 is 0 Å². The second-order valence-electron chi connectivity index (χ2n) is 9.93. The van der Waals surface area contributed by atoms with Gasteiger partial charge in [-0.1, -0.05) is 80.1 Å². The van der Waals surface area contributed by atoms with E-state index in [1.165, 1.54) is 4.90 Å². The average molecular weight is 536 g/mol. The number of hydrogen-bond acceptors (Lipinski definition) is 4. The van der Waals surface area contributed by atoms with Crippen LogP contribution in [-0.2, 0) is 26.2 Å². The maximum absolute atomic E-state index is 13.9. The summed E-state index contributed by atoms with van der Waals surface area (Å²) < 4.78 is 28.9. The highest BCUT2D eigenvalue weighted by atomic mass is 32.2. The lowest BCUT2D eigenvalue weighted by molar-refractivity contribution is -0.139. The second-order valence-corrected chi connectivity index (χ2v) is 11.8. The van der Waals surface area contributed by atoms with Gasteiger partial charge in [-0.2, -0.15) is 0 Å². The van der Waals surface area contributed by atoms with Crippen LogP contribution in [0.25, 0.3) is 0 Å². The minimum absolute atomic E-state index is 0.0940. The van der Waals surface area contributed by atoms with Gasteiger partial charge in [-0.25, -0.2) is 8.42 Å². The van der Waals surface area contributed by atoms with E-state index in [-0.39, 0.29) is 23.3 Å². The quantitative estimate of drug-likeness (QED) is 0.386. The molecule has 0 aliphatic heterocycles. The van der Waals surface area contributed by atoms with Crippen molar-refractivity contribution < 1.29 is 18.0 Å². The third-order valence-electron chi connectivity index (χ3n) is 6.32. The smallest absolute Gasteiger partial charge is 0.264 e. The van der Waals surface area contributed by atoms with Gasteiger partial charge in [0.1, 0.15) is 12.6 Å². The van der Waals surface area contributed by atoms with Crippen molar-refractivity contribution in [1.82, 2.24) is 10.2 Å². The predicted molar refractivity (Wildman–Crippen MR) is 151 cm³/mol. The fourth-order valence-corrected chi connectivity index (χ4v) is 5.49. The van der Waals surface area contributed by atoms with E-state index in [0.29, 0.717) is 17.8 Å². The summed E-state index contributed by atoms with van der Waals surface area (Å²) in [6, 6.07) is 22.2. The Bertz CT molecular complexity index is 1340. The fraction of sp³-hybridized carbons (Fsp3) is 0.333. The molecule has 0 radical (unpaired) electrons. The van der Waals surface area contributed by atoms with E-state index < -0.39 is 28.5 Å². The first-order chi connectivity index (χ1) is 18.0. The molecule has 0 aliphatic rings. The number of aryl methyl sites for hydroxylation is 2. The Morgan fingerprint density at radius 3 is 2.05 bits per heavy atom. The second kappa shape index (κ2) is 12.7. The summed E-state index contributed by atoms with van der Waals surface area (Å²) in [5.41, 5.74) is 2.90. The first kappa shape index (κ1) is 28.9. The van der Waals surface area contributed by atoms with Crippen LogP contribution in [0, 0.1) is 19.8 Å². The zero-order valence-electron chi connectivity index (χ0n) is 22.7. The molecular formula is C30H37N3O4S. The lowest BCUT2D eigenvalue weighted by Gasteiger charge is -2.32. The average Bonchev–Trinajstić information content (AvgIpc) is 2.89. The number of para-hydroxylation sites is 1.